The normalized spacial score (nSPS) is 16.8. The van der Waals surface area contributed by atoms with Gasteiger partial charge in [0.1, 0.15) is 5.75 Å². The van der Waals surface area contributed by atoms with Crippen molar-refractivity contribution < 1.29 is 9.15 Å². The lowest BCUT2D eigenvalue weighted by Gasteiger charge is -2.24. The number of anilines is 2. The summed E-state index contributed by atoms with van der Waals surface area (Å²) in [6.07, 6.45) is 0. The van der Waals surface area contributed by atoms with Gasteiger partial charge in [-0.25, -0.2) is 0 Å². The van der Waals surface area contributed by atoms with Crippen LogP contribution in [0.4, 0.5) is 11.4 Å². The average Bonchev–Trinajstić information content (AvgIpc) is 3.11. The van der Waals surface area contributed by atoms with Gasteiger partial charge < -0.3 is 19.0 Å². The molecule has 2 aromatic carbocycles. The predicted octanol–water partition coefficient (Wildman–Crippen LogP) is 3.84. The lowest BCUT2D eigenvalue weighted by molar-refractivity contribution is 0.413. The van der Waals surface area contributed by atoms with Gasteiger partial charge in [0.25, 0.3) is 5.89 Å². The number of hydrogen-bond donors (Lipinski definition) is 0. The third-order valence-electron chi connectivity index (χ3n) is 4.88. The van der Waals surface area contributed by atoms with Gasteiger partial charge in [-0.05, 0) is 30.2 Å². The van der Waals surface area contributed by atoms with Crippen molar-refractivity contribution in [2.45, 2.75) is 13.5 Å². The maximum absolute atomic E-state index is 5.98. The Hall–Kier alpha value is -3.02. The van der Waals surface area contributed by atoms with Crippen molar-refractivity contribution in [2.24, 2.45) is 5.92 Å². The third-order valence-corrected chi connectivity index (χ3v) is 4.88. The number of ether oxygens (including phenoxy) is 1. The fourth-order valence-electron chi connectivity index (χ4n) is 3.71. The molecule has 0 saturated carbocycles. The van der Waals surface area contributed by atoms with Crippen LogP contribution in [0.5, 0.6) is 5.75 Å². The van der Waals surface area contributed by atoms with E-state index >= 15 is 0 Å². The van der Waals surface area contributed by atoms with Crippen LogP contribution in [0.15, 0.2) is 52.9 Å². The van der Waals surface area contributed by atoms with Gasteiger partial charge in [-0.2, -0.15) is 0 Å². The predicted molar refractivity (Wildman–Crippen MR) is 106 cm³/mol. The van der Waals surface area contributed by atoms with Crippen LogP contribution >= 0.6 is 0 Å². The third kappa shape index (κ3) is 3.47. The van der Waals surface area contributed by atoms with E-state index in [1.54, 1.807) is 7.11 Å². The van der Waals surface area contributed by atoms with E-state index in [1.165, 1.54) is 11.4 Å². The maximum atomic E-state index is 5.98. The minimum absolute atomic E-state index is 0.482. The zero-order chi connectivity index (χ0) is 18.8. The highest BCUT2D eigenvalue weighted by molar-refractivity contribution is 5.72. The first kappa shape index (κ1) is 17.4. The number of methoxy groups -OCH3 is 1. The van der Waals surface area contributed by atoms with E-state index in [0.29, 0.717) is 24.2 Å². The molecule has 6 nitrogen and oxygen atoms in total. The first-order valence-corrected chi connectivity index (χ1v) is 9.16. The van der Waals surface area contributed by atoms with E-state index in [1.807, 2.05) is 24.3 Å². The van der Waals surface area contributed by atoms with Crippen molar-refractivity contribution in [1.82, 2.24) is 10.2 Å². The molecular formula is C21H24N4O2. The topological polar surface area (TPSA) is 54.6 Å². The van der Waals surface area contributed by atoms with Gasteiger partial charge in [0.2, 0.25) is 5.89 Å². The summed E-state index contributed by atoms with van der Waals surface area (Å²) in [5.74, 6) is 2.33. The number of fused-ring (bicyclic) bond motifs is 1. The molecule has 0 unspecified atom stereocenters. The van der Waals surface area contributed by atoms with E-state index in [0.717, 1.165) is 24.4 Å². The standard InChI is InChI=1S/C21H24N4O2/c1-15-12-24(2)17-9-5-6-10-18(17)25(13-15)14-20-22-23-21(27-20)16-8-4-7-11-19(16)26-3/h4-11,15H,12-14H2,1-3H3/t15-/m1/s1. The summed E-state index contributed by atoms with van der Waals surface area (Å²) in [7, 11) is 3.79. The molecule has 1 atom stereocenters. The Kier molecular flexibility index (Phi) is 4.71. The van der Waals surface area contributed by atoms with Crippen molar-refractivity contribution >= 4 is 11.4 Å². The van der Waals surface area contributed by atoms with Gasteiger partial charge in [0.05, 0.1) is 30.6 Å². The van der Waals surface area contributed by atoms with Crippen LogP contribution in [0.3, 0.4) is 0 Å². The zero-order valence-corrected chi connectivity index (χ0v) is 15.9. The fourth-order valence-corrected chi connectivity index (χ4v) is 3.71. The van der Waals surface area contributed by atoms with E-state index in [2.05, 4.69) is 58.2 Å². The largest absolute Gasteiger partial charge is 0.496 e. The van der Waals surface area contributed by atoms with Crippen molar-refractivity contribution in [3.05, 3.63) is 54.4 Å². The highest BCUT2D eigenvalue weighted by Gasteiger charge is 2.24. The fraction of sp³-hybridized carbons (Fsp3) is 0.333. The summed E-state index contributed by atoms with van der Waals surface area (Å²) in [6, 6.07) is 16.1. The molecule has 0 amide bonds. The van der Waals surface area contributed by atoms with Gasteiger partial charge in [0, 0.05) is 20.1 Å². The second-order valence-electron chi connectivity index (χ2n) is 7.06. The summed E-state index contributed by atoms with van der Waals surface area (Å²) in [6.45, 7) is 4.80. The van der Waals surface area contributed by atoms with Crippen molar-refractivity contribution in [2.75, 3.05) is 37.0 Å². The second kappa shape index (κ2) is 7.31. The number of nitrogens with zero attached hydrogens (tertiary/aromatic N) is 4. The Labute approximate surface area is 159 Å². The molecular weight excluding hydrogens is 340 g/mol. The summed E-state index contributed by atoms with van der Waals surface area (Å²) >= 11 is 0. The SMILES string of the molecule is COc1ccccc1-c1nnc(CN2C[C@H](C)CN(C)c3ccccc32)o1. The van der Waals surface area contributed by atoms with E-state index in [-0.39, 0.29) is 0 Å². The number of aromatic nitrogens is 2. The summed E-state index contributed by atoms with van der Waals surface area (Å²) < 4.78 is 11.4. The Morgan fingerprint density at radius 2 is 1.78 bits per heavy atom. The molecule has 4 rings (SSSR count). The van der Waals surface area contributed by atoms with Gasteiger partial charge in [-0.15, -0.1) is 10.2 Å². The number of hydrogen-bond acceptors (Lipinski definition) is 6. The lowest BCUT2D eigenvalue weighted by Crippen LogP contribution is -2.29. The second-order valence-corrected chi connectivity index (χ2v) is 7.06. The monoisotopic (exact) mass is 364 g/mol. The first-order valence-electron chi connectivity index (χ1n) is 9.16. The molecule has 1 aliphatic heterocycles. The molecule has 0 N–H and O–H groups in total. The minimum Gasteiger partial charge on any atom is -0.496 e. The Morgan fingerprint density at radius 3 is 2.59 bits per heavy atom. The van der Waals surface area contributed by atoms with Gasteiger partial charge >= 0.3 is 0 Å². The summed E-state index contributed by atoms with van der Waals surface area (Å²) in [4.78, 5) is 4.64. The van der Waals surface area contributed by atoms with Crippen LogP contribution in [0.1, 0.15) is 12.8 Å². The zero-order valence-electron chi connectivity index (χ0n) is 15.9. The maximum Gasteiger partial charge on any atom is 0.251 e. The van der Waals surface area contributed by atoms with Crippen LogP contribution in [-0.2, 0) is 6.54 Å². The highest BCUT2D eigenvalue weighted by Crippen LogP contribution is 2.34. The van der Waals surface area contributed by atoms with Crippen LogP contribution in [0, 0.1) is 5.92 Å². The number of para-hydroxylation sites is 3. The molecule has 6 heteroatoms. The number of rotatable bonds is 4. The van der Waals surface area contributed by atoms with Crippen molar-refractivity contribution in [3.63, 3.8) is 0 Å². The smallest absolute Gasteiger partial charge is 0.251 e. The molecule has 3 aromatic rings. The van der Waals surface area contributed by atoms with E-state index in [9.17, 15) is 0 Å². The molecule has 0 saturated heterocycles. The Morgan fingerprint density at radius 1 is 1.04 bits per heavy atom. The van der Waals surface area contributed by atoms with Crippen molar-refractivity contribution in [3.8, 4) is 17.2 Å². The quantitative estimate of drug-likeness (QED) is 0.701. The Balaban J connectivity index is 1.63. The lowest BCUT2D eigenvalue weighted by atomic mass is 10.1. The van der Waals surface area contributed by atoms with Gasteiger partial charge in [-0.1, -0.05) is 31.2 Å². The molecule has 27 heavy (non-hydrogen) atoms. The molecule has 2 heterocycles. The number of benzene rings is 2. The van der Waals surface area contributed by atoms with Gasteiger partial charge in [-0.3, -0.25) is 0 Å². The van der Waals surface area contributed by atoms with Crippen molar-refractivity contribution in [1.29, 1.82) is 0 Å². The van der Waals surface area contributed by atoms with E-state index < -0.39 is 0 Å². The molecule has 1 aliphatic rings. The van der Waals surface area contributed by atoms with Crippen LogP contribution in [-0.4, -0.2) is 37.4 Å². The van der Waals surface area contributed by atoms with Gasteiger partial charge in [0.15, 0.2) is 0 Å². The molecule has 0 spiro atoms. The molecule has 1 aromatic heterocycles. The minimum atomic E-state index is 0.482. The van der Waals surface area contributed by atoms with E-state index in [4.69, 9.17) is 9.15 Å². The molecule has 0 bridgehead atoms. The molecule has 0 aliphatic carbocycles. The molecule has 140 valence electrons. The highest BCUT2D eigenvalue weighted by atomic mass is 16.5. The summed E-state index contributed by atoms with van der Waals surface area (Å²) in [5, 5.41) is 8.52. The van der Waals surface area contributed by atoms with Crippen LogP contribution in [0.25, 0.3) is 11.5 Å². The first-order chi connectivity index (χ1) is 13.2. The van der Waals surface area contributed by atoms with Crippen LogP contribution in [0.2, 0.25) is 0 Å². The molecule has 0 fully saturated rings. The molecule has 0 radical (unpaired) electrons. The Bertz CT molecular complexity index is 924. The average molecular weight is 364 g/mol. The summed E-state index contributed by atoms with van der Waals surface area (Å²) in [5.41, 5.74) is 3.23. The van der Waals surface area contributed by atoms with Crippen LogP contribution < -0.4 is 14.5 Å².